The van der Waals surface area contributed by atoms with Gasteiger partial charge in [-0.2, -0.15) is 0 Å². The van der Waals surface area contributed by atoms with E-state index < -0.39 is 12.1 Å². The SMILES string of the molecule is COc1ccc(N(C)C(=O)C(Cc2ccccc2)NC(=O)CCCCC(=O)N[C@@H](Cc2ccccc2)C(=O)N(C)c2ccc(OC)cc2)cc1. The van der Waals surface area contributed by atoms with E-state index in [1.807, 2.05) is 60.7 Å². The normalized spacial score (nSPS) is 11.8. The van der Waals surface area contributed by atoms with Crippen LogP contribution in [0.3, 0.4) is 0 Å². The first kappa shape index (κ1) is 37.2. The van der Waals surface area contributed by atoms with Crippen LogP contribution in [0.5, 0.6) is 11.5 Å². The maximum Gasteiger partial charge on any atom is 0.249 e. The molecular formula is C40H46N4O6. The number of ether oxygens (including phenoxy) is 2. The highest BCUT2D eigenvalue weighted by Crippen LogP contribution is 2.21. The van der Waals surface area contributed by atoms with Crippen molar-refractivity contribution in [3.05, 3.63) is 120 Å². The van der Waals surface area contributed by atoms with Crippen LogP contribution in [0.2, 0.25) is 0 Å². The van der Waals surface area contributed by atoms with E-state index in [1.54, 1.807) is 76.8 Å². The predicted octanol–water partition coefficient (Wildman–Crippen LogP) is 5.35. The van der Waals surface area contributed by atoms with Gasteiger partial charge in [0.15, 0.2) is 0 Å². The summed E-state index contributed by atoms with van der Waals surface area (Å²) in [4.78, 5) is 56.5. The van der Waals surface area contributed by atoms with E-state index in [4.69, 9.17) is 9.47 Å². The third-order valence-electron chi connectivity index (χ3n) is 8.47. The lowest BCUT2D eigenvalue weighted by Crippen LogP contribution is -2.49. The molecule has 0 bridgehead atoms. The minimum absolute atomic E-state index is 0.144. The monoisotopic (exact) mass is 678 g/mol. The molecule has 2 atom stereocenters. The zero-order chi connectivity index (χ0) is 35.9. The Kier molecular flexibility index (Phi) is 14.0. The van der Waals surface area contributed by atoms with Gasteiger partial charge in [-0.3, -0.25) is 19.2 Å². The Bertz CT molecular complexity index is 1550. The lowest BCUT2D eigenvalue weighted by molar-refractivity contribution is -0.128. The van der Waals surface area contributed by atoms with Crippen molar-refractivity contribution in [2.45, 2.75) is 50.6 Å². The molecule has 0 aliphatic rings. The first-order chi connectivity index (χ1) is 24.2. The van der Waals surface area contributed by atoms with Crippen molar-refractivity contribution in [3.8, 4) is 11.5 Å². The number of carbonyl (C=O) groups is 4. The number of hydrogen-bond donors (Lipinski definition) is 2. The number of methoxy groups -OCH3 is 2. The molecule has 4 rings (SSSR count). The highest BCUT2D eigenvalue weighted by Gasteiger charge is 2.27. The highest BCUT2D eigenvalue weighted by atomic mass is 16.5. The Morgan fingerprint density at radius 2 is 0.880 bits per heavy atom. The van der Waals surface area contributed by atoms with Gasteiger partial charge in [-0.05, 0) is 72.5 Å². The number of anilines is 2. The summed E-state index contributed by atoms with van der Waals surface area (Å²) >= 11 is 0. The van der Waals surface area contributed by atoms with Crippen molar-refractivity contribution >= 4 is 35.0 Å². The minimum atomic E-state index is -0.784. The van der Waals surface area contributed by atoms with Crippen molar-refractivity contribution in [2.75, 3.05) is 38.1 Å². The van der Waals surface area contributed by atoms with Crippen LogP contribution in [-0.2, 0) is 32.0 Å². The van der Waals surface area contributed by atoms with E-state index >= 15 is 0 Å². The van der Waals surface area contributed by atoms with Gasteiger partial charge in [-0.1, -0.05) is 60.7 Å². The molecule has 10 heteroatoms. The summed E-state index contributed by atoms with van der Waals surface area (Å²) in [7, 11) is 6.51. The van der Waals surface area contributed by atoms with Crippen LogP contribution < -0.4 is 29.9 Å². The molecule has 0 radical (unpaired) electrons. The fraction of sp³-hybridized carbons (Fsp3) is 0.300. The fourth-order valence-corrected chi connectivity index (χ4v) is 5.54. The van der Waals surface area contributed by atoms with E-state index in [0.717, 1.165) is 11.1 Å². The van der Waals surface area contributed by atoms with E-state index in [-0.39, 0.29) is 36.5 Å². The van der Waals surface area contributed by atoms with Crippen molar-refractivity contribution in [1.82, 2.24) is 10.6 Å². The Morgan fingerprint density at radius 3 is 1.20 bits per heavy atom. The molecule has 4 amide bonds. The molecule has 50 heavy (non-hydrogen) atoms. The quantitative estimate of drug-likeness (QED) is 0.146. The topological polar surface area (TPSA) is 117 Å². The summed E-state index contributed by atoms with van der Waals surface area (Å²) in [5.41, 5.74) is 3.19. The molecule has 1 unspecified atom stereocenters. The maximum absolute atomic E-state index is 13.6. The zero-order valence-electron chi connectivity index (χ0n) is 29.1. The molecule has 4 aromatic carbocycles. The van der Waals surface area contributed by atoms with Gasteiger partial charge in [-0.15, -0.1) is 0 Å². The van der Waals surface area contributed by atoms with Gasteiger partial charge in [0.25, 0.3) is 0 Å². The Morgan fingerprint density at radius 1 is 0.540 bits per heavy atom. The molecule has 262 valence electrons. The van der Waals surface area contributed by atoms with Crippen LogP contribution in [0, 0.1) is 0 Å². The maximum atomic E-state index is 13.6. The average Bonchev–Trinajstić information content (AvgIpc) is 3.15. The van der Waals surface area contributed by atoms with Gasteiger partial charge >= 0.3 is 0 Å². The molecule has 0 heterocycles. The minimum Gasteiger partial charge on any atom is -0.497 e. The van der Waals surface area contributed by atoms with E-state index in [9.17, 15) is 19.2 Å². The van der Waals surface area contributed by atoms with Crippen LogP contribution in [-0.4, -0.2) is 64.0 Å². The number of benzene rings is 4. The number of carbonyl (C=O) groups excluding carboxylic acids is 4. The fourth-order valence-electron chi connectivity index (χ4n) is 5.54. The number of nitrogens with one attached hydrogen (secondary N) is 2. The molecule has 0 aliphatic carbocycles. The molecule has 0 aromatic heterocycles. The summed E-state index contributed by atoms with van der Waals surface area (Å²) < 4.78 is 10.5. The van der Waals surface area contributed by atoms with Gasteiger partial charge < -0.3 is 29.9 Å². The Hall–Kier alpha value is -5.64. The van der Waals surface area contributed by atoms with Crippen LogP contribution in [0.4, 0.5) is 11.4 Å². The number of hydrogen-bond acceptors (Lipinski definition) is 6. The third kappa shape index (κ3) is 10.9. The average molecular weight is 679 g/mol. The molecule has 0 saturated carbocycles. The van der Waals surface area contributed by atoms with Gasteiger partial charge in [0.2, 0.25) is 23.6 Å². The number of rotatable bonds is 17. The van der Waals surface area contributed by atoms with Crippen molar-refractivity contribution < 1.29 is 28.7 Å². The largest absolute Gasteiger partial charge is 0.497 e. The molecule has 0 saturated heterocycles. The standard InChI is InChI=1S/C40H46N4O6/c1-43(31-19-23-33(49-3)24-20-31)39(47)35(27-29-13-7-5-8-14-29)41-37(45)17-11-12-18-38(46)42-36(28-30-15-9-6-10-16-30)40(48)44(2)32-21-25-34(50-4)26-22-32/h5-10,13-16,19-26,35-36H,11-12,17-18,27-28H2,1-4H3,(H,41,45)(H,42,46)/t35-,36?/m0/s1. The summed E-state index contributed by atoms with van der Waals surface area (Å²) in [6.07, 6.45) is 1.81. The van der Waals surface area contributed by atoms with E-state index in [0.29, 0.717) is 48.6 Å². The molecule has 2 N–H and O–H groups in total. The summed E-state index contributed by atoms with van der Waals surface area (Å²) in [5.74, 6) is 0.302. The van der Waals surface area contributed by atoms with Crippen LogP contribution in [0.25, 0.3) is 0 Å². The van der Waals surface area contributed by atoms with Gasteiger partial charge in [0.05, 0.1) is 14.2 Å². The van der Waals surface area contributed by atoms with Crippen LogP contribution in [0.15, 0.2) is 109 Å². The number of likely N-dealkylation sites (N-methyl/N-ethyl adjacent to an activating group) is 2. The van der Waals surface area contributed by atoms with Gasteiger partial charge in [0, 0.05) is 51.2 Å². The first-order valence-electron chi connectivity index (χ1n) is 16.7. The van der Waals surface area contributed by atoms with Crippen LogP contribution >= 0.6 is 0 Å². The number of unbranched alkanes of at least 4 members (excludes halogenated alkanes) is 1. The zero-order valence-corrected chi connectivity index (χ0v) is 29.1. The lowest BCUT2D eigenvalue weighted by Gasteiger charge is -2.25. The second-order valence-electron chi connectivity index (χ2n) is 12.0. The summed E-state index contributed by atoms with van der Waals surface area (Å²) in [6, 6.07) is 31.8. The Labute approximate surface area is 294 Å². The summed E-state index contributed by atoms with van der Waals surface area (Å²) in [6.45, 7) is 0. The Balaban J connectivity index is 1.33. The van der Waals surface area contributed by atoms with E-state index in [1.165, 1.54) is 9.80 Å². The van der Waals surface area contributed by atoms with E-state index in [2.05, 4.69) is 10.6 Å². The number of amides is 4. The van der Waals surface area contributed by atoms with Crippen molar-refractivity contribution in [1.29, 1.82) is 0 Å². The third-order valence-corrected chi connectivity index (χ3v) is 8.47. The van der Waals surface area contributed by atoms with Gasteiger partial charge in [0.1, 0.15) is 23.6 Å². The second-order valence-corrected chi connectivity index (χ2v) is 12.0. The molecule has 0 fully saturated rings. The molecule has 0 spiro atoms. The van der Waals surface area contributed by atoms with Crippen LogP contribution in [0.1, 0.15) is 36.8 Å². The molecule has 0 aliphatic heterocycles. The highest BCUT2D eigenvalue weighted by molar-refractivity contribution is 6.00. The van der Waals surface area contributed by atoms with Crippen molar-refractivity contribution in [3.63, 3.8) is 0 Å². The lowest BCUT2D eigenvalue weighted by atomic mass is 10.0. The molecule has 10 nitrogen and oxygen atoms in total. The predicted molar refractivity (Wildman–Crippen MR) is 195 cm³/mol. The molecule has 4 aromatic rings. The van der Waals surface area contributed by atoms with Crippen molar-refractivity contribution in [2.24, 2.45) is 0 Å². The van der Waals surface area contributed by atoms with Gasteiger partial charge in [-0.25, -0.2) is 0 Å². The summed E-state index contributed by atoms with van der Waals surface area (Å²) in [5, 5.41) is 5.85. The second kappa shape index (κ2) is 18.8. The first-order valence-corrected chi connectivity index (χ1v) is 16.7. The smallest absolute Gasteiger partial charge is 0.249 e. The molecular weight excluding hydrogens is 632 g/mol. The number of nitrogens with zero attached hydrogens (tertiary/aromatic N) is 2.